The van der Waals surface area contributed by atoms with Gasteiger partial charge < -0.3 is 0 Å². The van der Waals surface area contributed by atoms with Crippen LogP contribution in [0.1, 0.15) is 40.7 Å². The van der Waals surface area contributed by atoms with E-state index in [1.54, 1.807) is 26.0 Å². The molecule has 1 aliphatic carbocycles. The molecule has 19 heavy (non-hydrogen) atoms. The minimum absolute atomic E-state index is 0.0255. The molecule has 1 aromatic carbocycles. The van der Waals surface area contributed by atoms with Crippen molar-refractivity contribution in [2.45, 2.75) is 33.1 Å². The molecule has 0 aromatic heterocycles. The number of rotatable bonds is 3. The van der Waals surface area contributed by atoms with Crippen LogP contribution in [0.3, 0.4) is 0 Å². The number of carbonyl (C=O) groups is 1. The topological polar surface area (TPSA) is 26.3 Å². The van der Waals surface area contributed by atoms with Gasteiger partial charge in [-0.25, -0.2) is 0 Å². The minimum Gasteiger partial charge on any atom is -0.294 e. The van der Waals surface area contributed by atoms with Crippen molar-refractivity contribution >= 4 is 5.78 Å². The first kappa shape index (κ1) is 13.5. The fraction of sp³-hybridized carbons (Fsp3) is 0.312. The molecule has 0 saturated heterocycles. The van der Waals surface area contributed by atoms with E-state index >= 15 is 0 Å². The summed E-state index contributed by atoms with van der Waals surface area (Å²) in [5, 5.41) is 0. The van der Waals surface area contributed by atoms with E-state index < -0.39 is 0 Å². The number of hydrogen-bond donors (Lipinski definition) is 0. The molecule has 0 aliphatic heterocycles. The number of halogens is 1. The molecule has 0 heterocycles. The zero-order valence-electron chi connectivity index (χ0n) is 11.2. The molecule has 0 amide bonds. The highest BCUT2D eigenvalue weighted by Crippen LogP contribution is 2.26. The zero-order chi connectivity index (χ0) is 13.8. The van der Waals surface area contributed by atoms with Gasteiger partial charge in [0.25, 0.3) is 0 Å². The van der Waals surface area contributed by atoms with Gasteiger partial charge in [-0.05, 0) is 56.4 Å². The first-order chi connectivity index (χ1) is 9.13. The maximum atomic E-state index is 12.5. The number of hydrogen-bond acceptors (Lipinski definition) is 2. The van der Waals surface area contributed by atoms with E-state index in [-0.39, 0.29) is 11.5 Å². The molecule has 0 N–H and O–H groups in total. The van der Waals surface area contributed by atoms with Gasteiger partial charge in [0, 0.05) is 15.7 Å². The summed E-state index contributed by atoms with van der Waals surface area (Å²) in [4.78, 5) is 16.3. The highest BCUT2D eigenvalue weighted by Gasteiger charge is 2.17. The third kappa shape index (κ3) is 2.92. The Morgan fingerprint density at radius 2 is 2.05 bits per heavy atom. The normalized spacial score (nSPS) is 14.8. The minimum atomic E-state index is 0.0255. The Morgan fingerprint density at radius 1 is 1.26 bits per heavy atom. The molecular weight excluding hydrogens is 243 g/mol. The van der Waals surface area contributed by atoms with Crippen molar-refractivity contribution in [2.75, 3.05) is 0 Å². The van der Waals surface area contributed by atoms with E-state index in [4.69, 9.17) is 0 Å². The van der Waals surface area contributed by atoms with Crippen LogP contribution in [0.5, 0.6) is 5.75 Å². The molecular formula is C16H17FO2. The van der Waals surface area contributed by atoms with Gasteiger partial charge in [-0.15, -0.1) is 0 Å². The molecule has 0 fully saturated rings. The van der Waals surface area contributed by atoms with Gasteiger partial charge in [0.15, 0.2) is 11.5 Å². The predicted molar refractivity (Wildman–Crippen MR) is 73.1 cm³/mol. The predicted octanol–water partition coefficient (Wildman–Crippen LogP) is 4.42. The van der Waals surface area contributed by atoms with E-state index in [1.165, 1.54) is 0 Å². The van der Waals surface area contributed by atoms with E-state index in [9.17, 15) is 9.32 Å². The summed E-state index contributed by atoms with van der Waals surface area (Å²) in [7, 11) is 0. The Kier molecular flexibility index (Phi) is 4.15. The van der Waals surface area contributed by atoms with Crippen LogP contribution in [-0.2, 0) is 0 Å². The third-order valence-corrected chi connectivity index (χ3v) is 3.39. The number of allylic oxidation sites excluding steroid dienone is 4. The molecule has 0 bridgehead atoms. The monoisotopic (exact) mass is 260 g/mol. The summed E-state index contributed by atoms with van der Waals surface area (Å²) in [6.45, 7) is 3.52. The van der Waals surface area contributed by atoms with Crippen LogP contribution in [0.2, 0.25) is 0 Å². The Hall–Kier alpha value is -1.90. The Morgan fingerprint density at radius 3 is 2.79 bits per heavy atom. The highest BCUT2D eigenvalue weighted by molar-refractivity contribution is 6.10. The van der Waals surface area contributed by atoms with E-state index in [0.717, 1.165) is 30.4 Å². The molecule has 0 spiro atoms. The molecule has 2 rings (SSSR count). The number of aryl methyl sites for hydroxylation is 2. The Balaban J connectivity index is 2.36. The molecule has 0 unspecified atom stereocenters. The summed E-state index contributed by atoms with van der Waals surface area (Å²) in [5.74, 6) is 0.196. The first-order valence-electron chi connectivity index (χ1n) is 6.43. The molecule has 2 nitrogen and oxygen atoms in total. The van der Waals surface area contributed by atoms with Crippen molar-refractivity contribution in [3.63, 3.8) is 0 Å². The maximum Gasteiger partial charge on any atom is 0.189 e. The van der Waals surface area contributed by atoms with Crippen LogP contribution < -0.4 is 4.94 Å². The number of benzene rings is 1. The van der Waals surface area contributed by atoms with Crippen LogP contribution in [0.4, 0.5) is 4.53 Å². The fourth-order valence-corrected chi connectivity index (χ4v) is 2.25. The van der Waals surface area contributed by atoms with Crippen molar-refractivity contribution in [3.8, 4) is 5.75 Å². The van der Waals surface area contributed by atoms with E-state index in [1.807, 2.05) is 12.2 Å². The molecule has 1 aromatic rings. The second-order valence-corrected chi connectivity index (χ2v) is 4.85. The van der Waals surface area contributed by atoms with Crippen LogP contribution in [0.15, 0.2) is 35.9 Å². The van der Waals surface area contributed by atoms with Gasteiger partial charge in [0.05, 0.1) is 0 Å². The highest BCUT2D eigenvalue weighted by atomic mass is 19.3. The van der Waals surface area contributed by atoms with Crippen molar-refractivity contribution in [3.05, 3.63) is 52.6 Å². The number of Topliss-reactive ketones (excluding diaryl/α,β-unsaturated/α-hetero) is 1. The van der Waals surface area contributed by atoms with Crippen LogP contribution in [0.25, 0.3) is 0 Å². The summed E-state index contributed by atoms with van der Waals surface area (Å²) >= 11 is 0. The zero-order valence-corrected chi connectivity index (χ0v) is 11.2. The van der Waals surface area contributed by atoms with Gasteiger partial charge in [0.1, 0.15) is 0 Å². The van der Waals surface area contributed by atoms with Crippen molar-refractivity contribution in [2.24, 2.45) is 0 Å². The van der Waals surface area contributed by atoms with Gasteiger partial charge >= 0.3 is 0 Å². The molecule has 100 valence electrons. The standard InChI is InChI=1S/C16H17FO2/c1-11-10-15(19-17)12(2)9-14(11)16(18)13-7-5-3-4-6-8-13/h3,5,7,9-10H,4,6,8H2,1-2H3. The largest absolute Gasteiger partial charge is 0.294 e. The van der Waals surface area contributed by atoms with Crippen LogP contribution >= 0.6 is 0 Å². The molecule has 1 aliphatic rings. The third-order valence-electron chi connectivity index (χ3n) is 3.39. The molecule has 3 heteroatoms. The second-order valence-electron chi connectivity index (χ2n) is 4.85. The summed E-state index contributed by atoms with van der Waals surface area (Å²) in [6, 6.07) is 3.26. The van der Waals surface area contributed by atoms with Gasteiger partial charge in [-0.3, -0.25) is 9.74 Å². The van der Waals surface area contributed by atoms with Crippen molar-refractivity contribution < 1.29 is 14.3 Å². The van der Waals surface area contributed by atoms with Crippen LogP contribution in [-0.4, -0.2) is 5.78 Å². The van der Waals surface area contributed by atoms with Gasteiger partial charge in [0.2, 0.25) is 0 Å². The van der Waals surface area contributed by atoms with Crippen LogP contribution in [0, 0.1) is 13.8 Å². The summed E-state index contributed by atoms with van der Waals surface area (Å²) < 4.78 is 12.3. The first-order valence-corrected chi connectivity index (χ1v) is 6.43. The molecule has 0 atom stereocenters. The van der Waals surface area contributed by atoms with E-state index in [0.29, 0.717) is 11.1 Å². The molecule has 0 radical (unpaired) electrons. The smallest absolute Gasteiger partial charge is 0.189 e. The fourth-order valence-electron chi connectivity index (χ4n) is 2.25. The second kappa shape index (κ2) is 5.83. The van der Waals surface area contributed by atoms with Gasteiger partial charge in [-0.1, -0.05) is 18.2 Å². The Labute approximate surface area is 112 Å². The quantitative estimate of drug-likeness (QED) is 0.752. The van der Waals surface area contributed by atoms with Crippen molar-refractivity contribution in [1.82, 2.24) is 0 Å². The van der Waals surface area contributed by atoms with E-state index in [2.05, 4.69) is 11.0 Å². The average Bonchev–Trinajstić information content (AvgIpc) is 2.69. The Bertz CT molecular complexity index is 556. The summed E-state index contributed by atoms with van der Waals surface area (Å²) in [6.07, 6.45) is 8.65. The van der Waals surface area contributed by atoms with Crippen molar-refractivity contribution in [1.29, 1.82) is 0 Å². The number of ketones is 1. The summed E-state index contributed by atoms with van der Waals surface area (Å²) in [5.41, 5.74) is 2.80. The lowest BCUT2D eigenvalue weighted by atomic mass is 9.94. The SMILES string of the molecule is Cc1cc(C(=O)C2=CC=CCCC2)c(C)cc1OF. The number of carbonyl (C=O) groups excluding carboxylic acids is 1. The van der Waals surface area contributed by atoms with Gasteiger partial charge in [-0.2, -0.15) is 0 Å². The lowest BCUT2D eigenvalue weighted by molar-refractivity contribution is -0.00708. The lowest BCUT2D eigenvalue weighted by Gasteiger charge is -2.10. The maximum absolute atomic E-state index is 12.5. The lowest BCUT2D eigenvalue weighted by Crippen LogP contribution is -2.06. The molecule has 0 saturated carbocycles. The average molecular weight is 260 g/mol.